The van der Waals surface area contributed by atoms with Crippen LogP contribution in [0.15, 0.2) is 194 Å². The molecule has 9 aromatic rings. The van der Waals surface area contributed by atoms with Gasteiger partial charge in [-0.1, -0.05) is 182 Å². The molecule has 0 bridgehead atoms. The van der Waals surface area contributed by atoms with E-state index in [9.17, 15) is 0 Å². The molecule has 2 heteroatoms. The van der Waals surface area contributed by atoms with E-state index in [-0.39, 0.29) is 0 Å². The van der Waals surface area contributed by atoms with E-state index in [4.69, 9.17) is 9.97 Å². The molecule has 0 amide bonds. The van der Waals surface area contributed by atoms with E-state index in [1.807, 2.05) is 6.07 Å². The highest BCUT2D eigenvalue weighted by Crippen LogP contribution is 2.63. The van der Waals surface area contributed by atoms with E-state index in [1.165, 1.54) is 66.4 Å². The van der Waals surface area contributed by atoms with Crippen molar-refractivity contribution in [2.75, 3.05) is 0 Å². The van der Waals surface area contributed by atoms with Crippen LogP contribution >= 0.6 is 0 Å². The van der Waals surface area contributed by atoms with Crippen LogP contribution in [0.5, 0.6) is 0 Å². The van der Waals surface area contributed by atoms with Gasteiger partial charge in [-0.3, -0.25) is 0 Å². The maximum atomic E-state index is 5.62. The van der Waals surface area contributed by atoms with Gasteiger partial charge in [0, 0.05) is 16.7 Å². The molecule has 11 rings (SSSR count). The lowest BCUT2D eigenvalue weighted by molar-refractivity contribution is 0.758. The van der Waals surface area contributed by atoms with E-state index in [0.717, 1.165) is 33.9 Å². The summed E-state index contributed by atoms with van der Waals surface area (Å²) in [6.45, 7) is 0. The summed E-state index contributed by atoms with van der Waals surface area (Å²) in [6.07, 6.45) is 0. The number of aromatic nitrogens is 2. The van der Waals surface area contributed by atoms with Crippen LogP contribution < -0.4 is 0 Å². The summed E-state index contributed by atoms with van der Waals surface area (Å²) in [5.41, 5.74) is 16.9. The molecule has 2 aliphatic carbocycles. The van der Waals surface area contributed by atoms with E-state index >= 15 is 0 Å². The third-order valence-electron chi connectivity index (χ3n) is 11.3. The predicted molar refractivity (Wildman–Crippen MR) is 218 cm³/mol. The first-order valence-corrected chi connectivity index (χ1v) is 18.2. The predicted octanol–water partition coefficient (Wildman–Crippen LogP) is 12.6. The van der Waals surface area contributed by atoms with Gasteiger partial charge < -0.3 is 0 Å². The van der Waals surface area contributed by atoms with Crippen molar-refractivity contribution in [3.05, 3.63) is 217 Å². The molecule has 0 saturated carbocycles. The smallest absolute Gasteiger partial charge is 0.160 e. The zero-order valence-corrected chi connectivity index (χ0v) is 28.9. The highest BCUT2D eigenvalue weighted by atomic mass is 14.9. The largest absolute Gasteiger partial charge is 0.231 e. The van der Waals surface area contributed by atoms with Crippen molar-refractivity contribution in [1.82, 2.24) is 9.97 Å². The number of hydrogen-bond acceptors (Lipinski definition) is 2. The standard InChI is InChI=1S/C51H32N2/c1-3-14-36(15-4-1)48-47-43-20-10-12-22-45(43)51(49(47)53-50(52-48)37-16-5-2-6-17-37)44-21-11-9-19-41(44)42-30-29-40(32-46(42)51)35-25-23-34(24-26-35)39-28-27-33-13-7-8-18-38(33)31-39/h1-32H. The number of nitrogens with zero attached hydrogens (tertiary/aromatic N) is 2. The quantitative estimate of drug-likeness (QED) is 0.186. The van der Waals surface area contributed by atoms with Crippen LogP contribution in [0, 0.1) is 0 Å². The minimum Gasteiger partial charge on any atom is -0.231 e. The second kappa shape index (κ2) is 11.6. The minimum atomic E-state index is -0.616. The lowest BCUT2D eigenvalue weighted by Crippen LogP contribution is -2.27. The van der Waals surface area contributed by atoms with Crippen molar-refractivity contribution in [2.45, 2.75) is 5.41 Å². The molecule has 246 valence electrons. The van der Waals surface area contributed by atoms with E-state index in [2.05, 4.69) is 188 Å². The molecule has 2 aliphatic rings. The van der Waals surface area contributed by atoms with Crippen molar-refractivity contribution in [3.8, 4) is 67.2 Å². The van der Waals surface area contributed by atoms with E-state index in [1.54, 1.807) is 0 Å². The van der Waals surface area contributed by atoms with Gasteiger partial charge in [0.05, 0.1) is 16.8 Å². The summed E-state index contributed by atoms with van der Waals surface area (Å²) in [4.78, 5) is 11.0. The Bertz CT molecular complexity index is 2870. The van der Waals surface area contributed by atoms with Gasteiger partial charge in [-0.05, 0) is 78.5 Å². The average molecular weight is 673 g/mol. The molecule has 1 spiro atoms. The van der Waals surface area contributed by atoms with Crippen molar-refractivity contribution >= 4 is 10.8 Å². The summed E-state index contributed by atoms with van der Waals surface area (Å²) in [6, 6.07) is 70.2. The molecule has 0 aliphatic heterocycles. The topological polar surface area (TPSA) is 25.8 Å². The molecule has 53 heavy (non-hydrogen) atoms. The normalized spacial score (nSPS) is 14.9. The molecule has 1 aromatic heterocycles. The number of fused-ring (bicyclic) bond motifs is 11. The molecule has 1 unspecified atom stereocenters. The third kappa shape index (κ3) is 4.39. The first-order valence-electron chi connectivity index (χ1n) is 18.2. The lowest BCUT2D eigenvalue weighted by Gasteiger charge is -2.30. The summed E-state index contributed by atoms with van der Waals surface area (Å²) in [5.74, 6) is 0.738. The SMILES string of the molecule is c1ccc(-c2nc(-c3ccccc3)c3c(n2)C2(c4ccccc4-c4ccc(-c5ccc(-c6ccc7ccccc7c6)cc5)cc42)c2ccccc2-3)cc1. The third-order valence-corrected chi connectivity index (χ3v) is 11.3. The lowest BCUT2D eigenvalue weighted by atomic mass is 9.72. The van der Waals surface area contributed by atoms with Crippen LogP contribution in [0.4, 0.5) is 0 Å². The first-order chi connectivity index (χ1) is 26.3. The molecule has 0 saturated heterocycles. The second-order valence-electron chi connectivity index (χ2n) is 14.1. The van der Waals surface area contributed by atoms with Crippen LogP contribution in [0.2, 0.25) is 0 Å². The van der Waals surface area contributed by atoms with Gasteiger partial charge in [-0.15, -0.1) is 0 Å². The zero-order valence-electron chi connectivity index (χ0n) is 28.9. The molecule has 0 N–H and O–H groups in total. The van der Waals surface area contributed by atoms with E-state index < -0.39 is 5.41 Å². The molecule has 8 aromatic carbocycles. The zero-order chi connectivity index (χ0) is 34.9. The van der Waals surface area contributed by atoms with Gasteiger partial charge in [0.15, 0.2) is 5.82 Å². The first kappa shape index (κ1) is 29.8. The van der Waals surface area contributed by atoms with Crippen LogP contribution in [-0.2, 0) is 5.41 Å². The molecule has 1 heterocycles. The van der Waals surface area contributed by atoms with Crippen LogP contribution in [0.1, 0.15) is 22.4 Å². The second-order valence-corrected chi connectivity index (χ2v) is 14.1. The Labute approximate surface area is 308 Å². The van der Waals surface area contributed by atoms with Crippen LogP contribution in [0.3, 0.4) is 0 Å². The van der Waals surface area contributed by atoms with E-state index in [0.29, 0.717) is 0 Å². The summed E-state index contributed by atoms with van der Waals surface area (Å²) < 4.78 is 0. The molecule has 2 nitrogen and oxygen atoms in total. The Balaban J connectivity index is 1.15. The summed E-state index contributed by atoms with van der Waals surface area (Å²) >= 11 is 0. The minimum absolute atomic E-state index is 0.616. The Morgan fingerprint density at radius 3 is 1.58 bits per heavy atom. The van der Waals surface area contributed by atoms with Crippen LogP contribution in [-0.4, -0.2) is 9.97 Å². The maximum absolute atomic E-state index is 5.62. The molecule has 1 atom stereocenters. The summed E-state index contributed by atoms with van der Waals surface area (Å²) in [7, 11) is 0. The molecular formula is C51H32N2. The Kier molecular flexibility index (Phi) is 6.50. The maximum Gasteiger partial charge on any atom is 0.160 e. The van der Waals surface area contributed by atoms with Gasteiger partial charge in [-0.2, -0.15) is 0 Å². The number of rotatable bonds is 4. The summed E-state index contributed by atoms with van der Waals surface area (Å²) in [5, 5.41) is 2.51. The molecular weight excluding hydrogens is 641 g/mol. The fourth-order valence-electron chi connectivity index (χ4n) is 8.89. The Morgan fingerprint density at radius 2 is 0.849 bits per heavy atom. The number of hydrogen-bond donors (Lipinski definition) is 0. The van der Waals surface area contributed by atoms with Gasteiger partial charge in [0.2, 0.25) is 0 Å². The monoisotopic (exact) mass is 672 g/mol. The fourth-order valence-corrected chi connectivity index (χ4v) is 8.89. The molecule has 0 fully saturated rings. The van der Waals surface area contributed by atoms with Crippen LogP contribution in [0.25, 0.3) is 77.9 Å². The Hall–Kier alpha value is -6.90. The van der Waals surface area contributed by atoms with Crippen molar-refractivity contribution in [1.29, 1.82) is 0 Å². The number of benzene rings is 8. The molecule has 0 radical (unpaired) electrons. The van der Waals surface area contributed by atoms with Gasteiger partial charge in [0.1, 0.15) is 0 Å². The van der Waals surface area contributed by atoms with Crippen molar-refractivity contribution in [3.63, 3.8) is 0 Å². The fraction of sp³-hybridized carbons (Fsp3) is 0.0196. The highest BCUT2D eigenvalue weighted by molar-refractivity contribution is 5.99. The highest BCUT2D eigenvalue weighted by Gasteiger charge is 2.54. The Morgan fingerprint density at radius 1 is 0.321 bits per heavy atom. The van der Waals surface area contributed by atoms with Gasteiger partial charge >= 0.3 is 0 Å². The van der Waals surface area contributed by atoms with Gasteiger partial charge in [0.25, 0.3) is 0 Å². The van der Waals surface area contributed by atoms with Crippen molar-refractivity contribution in [2.24, 2.45) is 0 Å². The van der Waals surface area contributed by atoms with Gasteiger partial charge in [-0.25, -0.2) is 9.97 Å². The van der Waals surface area contributed by atoms with Crippen molar-refractivity contribution < 1.29 is 0 Å². The average Bonchev–Trinajstić information content (AvgIpc) is 3.71.